The molecule has 2 aliphatic rings. The number of aryl methyl sites for hydroxylation is 1. The summed E-state index contributed by atoms with van der Waals surface area (Å²) >= 11 is -1.10. The summed E-state index contributed by atoms with van der Waals surface area (Å²) in [6, 6.07) is 9.39. The van der Waals surface area contributed by atoms with Gasteiger partial charge >= 0.3 is 0 Å². The smallest absolute Gasteiger partial charge is 0.249 e. The first-order chi connectivity index (χ1) is 14.0. The largest absolute Gasteiger partial charge is 0.615 e. The highest BCUT2D eigenvalue weighted by Gasteiger charge is 2.46. The lowest BCUT2D eigenvalue weighted by atomic mass is 10.1. The Labute approximate surface area is 177 Å². The predicted octanol–water partition coefficient (Wildman–Crippen LogP) is 1.96. The van der Waals surface area contributed by atoms with Gasteiger partial charge in [-0.3, -0.25) is 14.5 Å². The molecule has 2 saturated heterocycles. The van der Waals surface area contributed by atoms with E-state index in [1.807, 2.05) is 42.2 Å². The van der Waals surface area contributed by atoms with E-state index in [0.717, 1.165) is 32.1 Å². The van der Waals surface area contributed by atoms with Crippen molar-refractivity contribution in [2.45, 2.75) is 75.4 Å². The summed E-state index contributed by atoms with van der Waals surface area (Å²) in [5, 5.41) is 5.70. The lowest BCUT2D eigenvalue weighted by Crippen LogP contribution is -2.55. The van der Waals surface area contributed by atoms with E-state index in [1.54, 1.807) is 7.05 Å². The van der Waals surface area contributed by atoms with Crippen molar-refractivity contribution in [1.29, 1.82) is 0 Å². The number of fused-ring (bicyclic) bond motifs is 1. The lowest BCUT2D eigenvalue weighted by Gasteiger charge is -2.32. The molecule has 2 fully saturated rings. The second-order valence-corrected chi connectivity index (χ2v) is 9.71. The number of rotatable bonds is 8. The number of amides is 2. The van der Waals surface area contributed by atoms with Crippen LogP contribution in [0.2, 0.25) is 0 Å². The Morgan fingerprint density at radius 2 is 2.00 bits per heavy atom. The van der Waals surface area contributed by atoms with Gasteiger partial charge in [-0.25, -0.2) is 0 Å². The molecule has 0 saturated carbocycles. The molecule has 1 aromatic rings. The third-order valence-corrected chi connectivity index (χ3v) is 7.84. The average Bonchev–Trinajstić information content (AvgIpc) is 3.10. The van der Waals surface area contributed by atoms with Crippen LogP contribution in [0.25, 0.3) is 0 Å². The molecule has 0 aromatic heterocycles. The van der Waals surface area contributed by atoms with Crippen LogP contribution in [0.5, 0.6) is 0 Å². The summed E-state index contributed by atoms with van der Waals surface area (Å²) in [7, 11) is 1.76. The standard InChI is InChI=1S/C22H33N3O3S/c1-3-18(23-2)21(26)24-19-11-7-10-17-12-13-20(25(17)22(19)27)29(28)15-14-16-8-5-4-6-9-16/h4-6,8-9,17-20,23H,3,7,10-15H2,1-2H3,(H,24,26)/t17-,18?,19-,20?,29?/m0/s1. The molecule has 0 bridgehead atoms. The van der Waals surface area contributed by atoms with Gasteiger partial charge in [0.1, 0.15) is 11.8 Å². The highest BCUT2D eigenvalue weighted by Crippen LogP contribution is 2.34. The van der Waals surface area contributed by atoms with E-state index >= 15 is 0 Å². The van der Waals surface area contributed by atoms with E-state index in [0.29, 0.717) is 18.6 Å². The molecule has 2 amide bonds. The van der Waals surface area contributed by atoms with Crippen LogP contribution in [0.3, 0.4) is 0 Å². The molecule has 160 valence electrons. The normalized spacial score (nSPS) is 26.5. The Balaban J connectivity index is 1.65. The highest BCUT2D eigenvalue weighted by atomic mass is 32.2. The zero-order valence-corrected chi connectivity index (χ0v) is 18.2. The SMILES string of the molecule is CCC(NC)C(=O)N[C@H]1CCC[C@H]2CCC([S+]([O-])CCc3ccccc3)N2C1=O. The fraction of sp³-hybridized carbons (Fsp3) is 0.636. The summed E-state index contributed by atoms with van der Waals surface area (Å²) in [6.07, 6.45) is 5.58. The summed E-state index contributed by atoms with van der Waals surface area (Å²) in [5.41, 5.74) is 1.17. The third-order valence-electron chi connectivity index (χ3n) is 6.16. The summed E-state index contributed by atoms with van der Waals surface area (Å²) in [5.74, 6) is 0.370. The Kier molecular flexibility index (Phi) is 7.98. The van der Waals surface area contributed by atoms with E-state index in [2.05, 4.69) is 10.6 Å². The van der Waals surface area contributed by atoms with Crippen LogP contribution in [0.4, 0.5) is 0 Å². The molecule has 2 heterocycles. The number of carbonyl (C=O) groups excluding carboxylic acids is 2. The molecule has 2 aliphatic heterocycles. The third kappa shape index (κ3) is 5.32. The van der Waals surface area contributed by atoms with Crippen molar-refractivity contribution in [2.24, 2.45) is 0 Å². The molecule has 2 N–H and O–H groups in total. The van der Waals surface area contributed by atoms with Gasteiger partial charge in [0.15, 0.2) is 5.37 Å². The van der Waals surface area contributed by atoms with Gasteiger partial charge in [-0.05, 0) is 55.9 Å². The van der Waals surface area contributed by atoms with E-state index in [9.17, 15) is 14.1 Å². The van der Waals surface area contributed by atoms with Crippen molar-refractivity contribution < 1.29 is 14.1 Å². The zero-order valence-electron chi connectivity index (χ0n) is 17.4. The lowest BCUT2D eigenvalue weighted by molar-refractivity contribution is -0.137. The van der Waals surface area contributed by atoms with Crippen LogP contribution in [0.1, 0.15) is 51.0 Å². The van der Waals surface area contributed by atoms with E-state index in [-0.39, 0.29) is 29.3 Å². The molecule has 7 heteroatoms. The van der Waals surface area contributed by atoms with Crippen molar-refractivity contribution in [3.63, 3.8) is 0 Å². The number of carbonyl (C=O) groups is 2. The van der Waals surface area contributed by atoms with Crippen molar-refractivity contribution in [3.05, 3.63) is 35.9 Å². The molecule has 0 radical (unpaired) electrons. The Morgan fingerprint density at radius 1 is 1.24 bits per heavy atom. The van der Waals surface area contributed by atoms with Gasteiger partial charge in [0, 0.05) is 18.9 Å². The Morgan fingerprint density at radius 3 is 2.69 bits per heavy atom. The average molecular weight is 420 g/mol. The molecule has 0 spiro atoms. The zero-order chi connectivity index (χ0) is 20.8. The van der Waals surface area contributed by atoms with Crippen LogP contribution in [0.15, 0.2) is 30.3 Å². The van der Waals surface area contributed by atoms with Crippen LogP contribution < -0.4 is 10.6 Å². The minimum Gasteiger partial charge on any atom is -0.615 e. The number of likely N-dealkylation sites (N-methyl/N-ethyl adjacent to an activating group) is 1. The Hall–Kier alpha value is -1.57. The Bertz CT molecular complexity index is 683. The van der Waals surface area contributed by atoms with E-state index in [1.165, 1.54) is 5.56 Å². The molecule has 1 aromatic carbocycles. The molecule has 5 atom stereocenters. The molecule has 29 heavy (non-hydrogen) atoms. The number of nitrogens with zero attached hydrogens (tertiary/aromatic N) is 1. The van der Waals surface area contributed by atoms with E-state index < -0.39 is 17.2 Å². The molecular formula is C22H33N3O3S. The van der Waals surface area contributed by atoms with Crippen LogP contribution in [0, 0.1) is 0 Å². The van der Waals surface area contributed by atoms with Crippen LogP contribution in [-0.4, -0.2) is 57.6 Å². The molecule has 3 unspecified atom stereocenters. The van der Waals surface area contributed by atoms with E-state index in [4.69, 9.17) is 0 Å². The number of benzene rings is 1. The second kappa shape index (κ2) is 10.5. The fourth-order valence-corrected chi connectivity index (χ4v) is 6.14. The van der Waals surface area contributed by atoms with Gasteiger partial charge in [0.05, 0.1) is 6.04 Å². The maximum atomic E-state index is 13.3. The number of nitrogens with one attached hydrogen (secondary N) is 2. The first-order valence-electron chi connectivity index (χ1n) is 10.8. The minimum absolute atomic E-state index is 0.0534. The van der Waals surface area contributed by atoms with Crippen LogP contribution >= 0.6 is 0 Å². The van der Waals surface area contributed by atoms with Crippen molar-refractivity contribution in [3.8, 4) is 0 Å². The molecular weight excluding hydrogens is 386 g/mol. The maximum Gasteiger partial charge on any atom is 0.249 e. The molecule has 0 aliphatic carbocycles. The van der Waals surface area contributed by atoms with Crippen molar-refractivity contribution >= 4 is 23.0 Å². The van der Waals surface area contributed by atoms with Gasteiger partial charge in [0.25, 0.3) is 0 Å². The number of hydrogen-bond donors (Lipinski definition) is 2. The fourth-order valence-electron chi connectivity index (χ4n) is 4.50. The summed E-state index contributed by atoms with van der Waals surface area (Å²) < 4.78 is 13.1. The summed E-state index contributed by atoms with van der Waals surface area (Å²) in [6.45, 7) is 1.94. The topological polar surface area (TPSA) is 84.5 Å². The first kappa shape index (κ1) is 22.1. The number of hydrogen-bond acceptors (Lipinski definition) is 4. The first-order valence-corrected chi connectivity index (χ1v) is 12.1. The van der Waals surface area contributed by atoms with Gasteiger partial charge < -0.3 is 15.2 Å². The molecule has 3 rings (SSSR count). The van der Waals surface area contributed by atoms with Crippen molar-refractivity contribution in [2.75, 3.05) is 12.8 Å². The molecule has 6 nitrogen and oxygen atoms in total. The van der Waals surface area contributed by atoms with Crippen molar-refractivity contribution in [1.82, 2.24) is 15.5 Å². The second-order valence-electron chi connectivity index (χ2n) is 7.99. The van der Waals surface area contributed by atoms with Gasteiger partial charge in [-0.15, -0.1) is 0 Å². The summed E-state index contributed by atoms with van der Waals surface area (Å²) in [4.78, 5) is 27.7. The van der Waals surface area contributed by atoms with Gasteiger partial charge in [0.2, 0.25) is 11.8 Å². The quantitative estimate of drug-likeness (QED) is 0.631. The monoisotopic (exact) mass is 419 g/mol. The highest BCUT2D eigenvalue weighted by molar-refractivity contribution is 7.92. The van der Waals surface area contributed by atoms with Crippen LogP contribution in [-0.2, 0) is 27.2 Å². The van der Waals surface area contributed by atoms with Gasteiger partial charge in [-0.1, -0.05) is 37.3 Å². The van der Waals surface area contributed by atoms with Gasteiger partial charge in [-0.2, -0.15) is 0 Å². The maximum absolute atomic E-state index is 13.3. The predicted molar refractivity (Wildman–Crippen MR) is 116 cm³/mol. The minimum atomic E-state index is -1.10.